The third kappa shape index (κ3) is 2.99. The van der Waals surface area contributed by atoms with Crippen LogP contribution in [-0.4, -0.2) is 15.0 Å². The third-order valence-corrected chi connectivity index (χ3v) is 3.58. The Morgan fingerprint density at radius 2 is 2.12 bits per heavy atom. The molecule has 0 bridgehead atoms. The van der Waals surface area contributed by atoms with E-state index in [9.17, 15) is 8.42 Å². The molecule has 0 aliphatic carbocycles. The summed E-state index contributed by atoms with van der Waals surface area (Å²) in [7, 11) is -3.49. The van der Waals surface area contributed by atoms with Gasteiger partial charge in [-0.3, -0.25) is 0 Å². The normalized spacial score (nSPS) is 10.6. The van der Waals surface area contributed by atoms with E-state index in [0.717, 1.165) is 0 Å². The Balaban J connectivity index is 3.01. The first-order valence-corrected chi connectivity index (χ1v) is 6.21. The lowest BCUT2D eigenvalue weighted by Crippen LogP contribution is -2.24. The number of aryl methyl sites for hydroxylation is 1. The quantitative estimate of drug-likeness (QED) is 0.606. The summed E-state index contributed by atoms with van der Waals surface area (Å²) < 4.78 is 26.0. The second kappa shape index (κ2) is 5.01. The molecule has 1 aromatic carbocycles. The molecule has 0 amide bonds. The van der Waals surface area contributed by atoms with Gasteiger partial charge in [-0.25, -0.2) is 8.42 Å². The molecule has 0 saturated heterocycles. The number of sulfonamides is 1. The fraction of sp³-hybridized carbons (Fsp3) is 0.273. The summed E-state index contributed by atoms with van der Waals surface area (Å²) in [6.07, 6.45) is 0. The Morgan fingerprint density at radius 3 is 2.69 bits per heavy atom. The highest BCUT2D eigenvalue weighted by molar-refractivity contribution is 7.89. The number of rotatable bonds is 3. The molecule has 0 unspecified atom stereocenters. The topological polar surface area (TPSA) is 72.2 Å². The van der Waals surface area contributed by atoms with Gasteiger partial charge >= 0.3 is 0 Å². The van der Waals surface area contributed by atoms with Gasteiger partial charge in [0.05, 0.1) is 11.4 Å². The average molecular weight is 238 g/mol. The van der Waals surface area contributed by atoms with Crippen molar-refractivity contribution in [1.29, 1.82) is 0 Å². The molecule has 0 radical (unpaired) electrons. The van der Waals surface area contributed by atoms with Gasteiger partial charge in [-0.05, 0) is 37.6 Å². The maximum atomic E-state index is 11.8. The Morgan fingerprint density at radius 1 is 1.44 bits per heavy atom. The number of nitrogen functional groups attached to an aromatic ring is 1. The molecule has 0 fully saturated rings. The lowest BCUT2D eigenvalue weighted by molar-refractivity contribution is 0.585. The van der Waals surface area contributed by atoms with Crippen molar-refractivity contribution >= 4 is 15.7 Å². The smallest absolute Gasteiger partial charge is 0.241 e. The molecule has 1 rings (SSSR count). The van der Waals surface area contributed by atoms with Crippen molar-refractivity contribution in [3.63, 3.8) is 0 Å². The Kier molecular flexibility index (Phi) is 3.93. The molecule has 0 atom stereocenters. The van der Waals surface area contributed by atoms with Gasteiger partial charge in [0.15, 0.2) is 0 Å². The van der Waals surface area contributed by atoms with E-state index in [4.69, 9.17) is 5.73 Å². The van der Waals surface area contributed by atoms with Crippen LogP contribution in [0.15, 0.2) is 23.1 Å². The lowest BCUT2D eigenvalue weighted by atomic mass is 10.2. The van der Waals surface area contributed by atoms with E-state index in [-0.39, 0.29) is 11.4 Å². The summed E-state index contributed by atoms with van der Waals surface area (Å²) >= 11 is 0. The second-order valence-corrected chi connectivity index (χ2v) is 5.01. The van der Waals surface area contributed by atoms with Gasteiger partial charge < -0.3 is 5.73 Å². The predicted octanol–water partition coefficient (Wildman–Crippen LogP) is 0.879. The van der Waals surface area contributed by atoms with Crippen molar-refractivity contribution in [2.45, 2.75) is 18.7 Å². The molecule has 1 aromatic rings. The molecular weight excluding hydrogens is 224 g/mol. The first-order valence-electron chi connectivity index (χ1n) is 4.73. The summed E-state index contributed by atoms with van der Waals surface area (Å²) in [5.74, 6) is 5.26. The van der Waals surface area contributed by atoms with Gasteiger partial charge in [0.1, 0.15) is 0 Å². The average Bonchev–Trinajstić information content (AvgIpc) is 2.17. The predicted molar refractivity (Wildman–Crippen MR) is 64.2 cm³/mol. The van der Waals surface area contributed by atoms with Crippen molar-refractivity contribution in [3.8, 4) is 11.8 Å². The maximum absolute atomic E-state index is 11.8. The van der Waals surface area contributed by atoms with Crippen molar-refractivity contribution in [1.82, 2.24) is 4.72 Å². The molecule has 16 heavy (non-hydrogen) atoms. The standard InChI is InChI=1S/C11H14N2O2S/c1-3-4-7-13-16(14,15)11-6-5-10(12)8-9(11)2/h5-6,8,13H,7,12H2,1-2H3. The minimum Gasteiger partial charge on any atom is -0.399 e. The Bertz CT molecular complexity index is 539. The fourth-order valence-corrected chi connectivity index (χ4v) is 2.42. The molecule has 0 aliphatic rings. The van der Waals surface area contributed by atoms with Crippen LogP contribution in [0.5, 0.6) is 0 Å². The first-order chi connectivity index (χ1) is 7.47. The lowest BCUT2D eigenvalue weighted by Gasteiger charge is -2.07. The number of nitrogens with one attached hydrogen (secondary N) is 1. The van der Waals surface area contributed by atoms with E-state index < -0.39 is 10.0 Å². The van der Waals surface area contributed by atoms with Gasteiger partial charge in [-0.1, -0.05) is 5.92 Å². The minimum absolute atomic E-state index is 0.114. The number of benzene rings is 1. The van der Waals surface area contributed by atoms with Gasteiger partial charge in [0, 0.05) is 5.69 Å². The van der Waals surface area contributed by atoms with Crippen LogP contribution >= 0.6 is 0 Å². The van der Waals surface area contributed by atoms with E-state index in [1.54, 1.807) is 26.0 Å². The second-order valence-electron chi connectivity index (χ2n) is 3.28. The molecule has 0 aliphatic heterocycles. The molecule has 4 nitrogen and oxygen atoms in total. The molecule has 3 N–H and O–H groups in total. The summed E-state index contributed by atoms with van der Waals surface area (Å²) in [5.41, 5.74) is 6.72. The van der Waals surface area contributed by atoms with Crippen LogP contribution in [0.4, 0.5) is 5.69 Å². The zero-order valence-electron chi connectivity index (χ0n) is 9.24. The molecule has 5 heteroatoms. The summed E-state index contributed by atoms with van der Waals surface area (Å²) in [6, 6.07) is 4.68. The number of hydrogen-bond acceptors (Lipinski definition) is 3. The number of anilines is 1. The first kappa shape index (κ1) is 12.6. The fourth-order valence-electron chi connectivity index (χ4n) is 1.27. The maximum Gasteiger partial charge on any atom is 0.241 e. The van der Waals surface area contributed by atoms with Gasteiger partial charge in [-0.15, -0.1) is 5.92 Å². The van der Waals surface area contributed by atoms with E-state index in [1.807, 2.05) is 0 Å². The highest BCUT2D eigenvalue weighted by Crippen LogP contribution is 2.17. The number of nitrogens with two attached hydrogens (primary N) is 1. The van der Waals surface area contributed by atoms with Crippen molar-refractivity contribution in [2.75, 3.05) is 12.3 Å². The molecular formula is C11H14N2O2S. The molecule has 86 valence electrons. The highest BCUT2D eigenvalue weighted by atomic mass is 32.2. The highest BCUT2D eigenvalue weighted by Gasteiger charge is 2.15. The van der Waals surface area contributed by atoms with Crippen molar-refractivity contribution in [2.24, 2.45) is 0 Å². The molecule has 0 spiro atoms. The minimum atomic E-state index is -3.49. The van der Waals surface area contributed by atoms with E-state index in [1.165, 1.54) is 6.07 Å². The van der Waals surface area contributed by atoms with Crippen LogP contribution in [0, 0.1) is 18.8 Å². The number of hydrogen-bond donors (Lipinski definition) is 2. The van der Waals surface area contributed by atoms with Crippen LogP contribution in [-0.2, 0) is 10.0 Å². The summed E-state index contributed by atoms with van der Waals surface area (Å²) in [4.78, 5) is 0.236. The van der Waals surface area contributed by atoms with E-state index >= 15 is 0 Å². The van der Waals surface area contributed by atoms with Gasteiger partial charge in [0.25, 0.3) is 0 Å². The summed E-state index contributed by atoms with van der Waals surface area (Å²) in [6.45, 7) is 3.47. The molecule has 0 aromatic heterocycles. The molecule has 0 saturated carbocycles. The van der Waals surface area contributed by atoms with Crippen LogP contribution in [0.3, 0.4) is 0 Å². The van der Waals surface area contributed by atoms with Gasteiger partial charge in [-0.2, -0.15) is 4.72 Å². The third-order valence-electron chi connectivity index (χ3n) is 2.02. The SMILES string of the molecule is CC#CCNS(=O)(=O)c1ccc(N)cc1C. The van der Waals surface area contributed by atoms with Crippen LogP contribution < -0.4 is 10.5 Å². The van der Waals surface area contributed by atoms with Crippen LogP contribution in [0.25, 0.3) is 0 Å². The van der Waals surface area contributed by atoms with E-state index in [0.29, 0.717) is 11.3 Å². The van der Waals surface area contributed by atoms with Crippen LogP contribution in [0.2, 0.25) is 0 Å². The zero-order chi connectivity index (χ0) is 12.2. The zero-order valence-corrected chi connectivity index (χ0v) is 10.1. The largest absolute Gasteiger partial charge is 0.399 e. The Hall–Kier alpha value is -1.51. The molecule has 0 heterocycles. The summed E-state index contributed by atoms with van der Waals surface area (Å²) in [5, 5.41) is 0. The van der Waals surface area contributed by atoms with Crippen molar-refractivity contribution in [3.05, 3.63) is 23.8 Å². The van der Waals surface area contributed by atoms with Gasteiger partial charge in [0.2, 0.25) is 10.0 Å². The Labute approximate surface area is 95.9 Å². The monoisotopic (exact) mass is 238 g/mol. The van der Waals surface area contributed by atoms with Crippen molar-refractivity contribution < 1.29 is 8.42 Å². The van der Waals surface area contributed by atoms with E-state index in [2.05, 4.69) is 16.6 Å². The van der Waals surface area contributed by atoms with Crippen LogP contribution in [0.1, 0.15) is 12.5 Å².